The molecule has 0 fully saturated rings. The summed E-state index contributed by atoms with van der Waals surface area (Å²) in [6, 6.07) is 9.56. The number of phenols is 2. The van der Waals surface area contributed by atoms with Gasteiger partial charge in [-0.3, -0.25) is 0 Å². The van der Waals surface area contributed by atoms with Crippen LogP contribution in [0.1, 0.15) is 24.2 Å². The molecule has 0 aliphatic rings. The zero-order chi connectivity index (χ0) is 16.8. The van der Waals surface area contributed by atoms with Gasteiger partial charge in [-0.05, 0) is 43.3 Å². The number of phenolic OH excluding ortho intramolecular Hbond substituents is 2. The smallest absolute Gasteiger partial charge is 0.121 e. The Kier molecular flexibility index (Phi) is 5.67. The summed E-state index contributed by atoms with van der Waals surface area (Å²) in [4.78, 5) is 0. The number of rotatable bonds is 7. The number of ether oxygens (including phenoxy) is 2. The number of benzene rings is 2. The molecule has 1 unspecified atom stereocenters. The topological polar surface area (TPSA) is 111 Å². The van der Waals surface area contributed by atoms with Crippen LogP contribution in [0.3, 0.4) is 0 Å². The molecule has 6 heteroatoms. The summed E-state index contributed by atoms with van der Waals surface area (Å²) in [6.07, 6.45) is -0.515. The number of nitrogens with two attached hydrogens (primary N) is 2. The van der Waals surface area contributed by atoms with Gasteiger partial charge in [0.1, 0.15) is 17.6 Å². The highest BCUT2D eigenvalue weighted by atomic mass is 16.5. The van der Waals surface area contributed by atoms with Crippen LogP contribution in [-0.4, -0.2) is 23.4 Å². The second-order valence-electron chi connectivity index (χ2n) is 5.17. The minimum absolute atomic E-state index is 0.0840. The predicted molar refractivity (Wildman–Crippen MR) is 89.1 cm³/mol. The minimum atomic E-state index is -0.515. The summed E-state index contributed by atoms with van der Waals surface area (Å²) >= 11 is 0. The Balaban J connectivity index is 2.18. The Morgan fingerprint density at radius 2 is 1.65 bits per heavy atom. The third-order valence-electron chi connectivity index (χ3n) is 3.42. The number of nitrogen functional groups attached to an aromatic ring is 2. The molecular formula is C17H22N2O4. The lowest BCUT2D eigenvalue weighted by Crippen LogP contribution is -2.13. The standard InChI is InChI=1S/C17H22N2O4/c1-2-22-10-17(14-8-13(19)4-6-16(14)21)23-9-11-7-12(18)3-5-15(11)20/h3-8,17,20-21H,2,9-10,18-19H2,1H3. The van der Waals surface area contributed by atoms with Crippen molar-refractivity contribution in [3.05, 3.63) is 47.5 Å². The largest absolute Gasteiger partial charge is 0.508 e. The van der Waals surface area contributed by atoms with Crippen molar-refractivity contribution in [2.75, 3.05) is 24.7 Å². The first-order valence-electron chi connectivity index (χ1n) is 7.36. The lowest BCUT2D eigenvalue weighted by Gasteiger charge is -2.20. The van der Waals surface area contributed by atoms with Crippen molar-refractivity contribution in [2.24, 2.45) is 0 Å². The second-order valence-corrected chi connectivity index (χ2v) is 5.17. The van der Waals surface area contributed by atoms with Gasteiger partial charge < -0.3 is 31.2 Å². The molecule has 0 saturated heterocycles. The third-order valence-corrected chi connectivity index (χ3v) is 3.42. The van der Waals surface area contributed by atoms with Gasteiger partial charge in [-0.1, -0.05) is 0 Å². The molecule has 0 amide bonds. The third kappa shape index (κ3) is 4.51. The molecule has 0 saturated carbocycles. The molecule has 6 nitrogen and oxygen atoms in total. The number of aromatic hydroxyl groups is 2. The van der Waals surface area contributed by atoms with Gasteiger partial charge in [0, 0.05) is 29.1 Å². The van der Waals surface area contributed by atoms with E-state index >= 15 is 0 Å². The van der Waals surface area contributed by atoms with E-state index in [1.54, 1.807) is 24.3 Å². The summed E-state index contributed by atoms with van der Waals surface area (Å²) < 4.78 is 11.3. The van der Waals surface area contributed by atoms with Crippen LogP contribution >= 0.6 is 0 Å². The van der Waals surface area contributed by atoms with E-state index < -0.39 is 6.10 Å². The maximum Gasteiger partial charge on any atom is 0.121 e. The van der Waals surface area contributed by atoms with E-state index in [4.69, 9.17) is 20.9 Å². The summed E-state index contributed by atoms with van der Waals surface area (Å²) in [7, 11) is 0. The molecule has 0 aliphatic carbocycles. The van der Waals surface area contributed by atoms with Gasteiger partial charge in [0.05, 0.1) is 13.2 Å². The van der Waals surface area contributed by atoms with Crippen LogP contribution in [0.25, 0.3) is 0 Å². The van der Waals surface area contributed by atoms with Crippen molar-refractivity contribution >= 4 is 11.4 Å². The second kappa shape index (κ2) is 7.71. The van der Waals surface area contributed by atoms with Crippen molar-refractivity contribution in [3.63, 3.8) is 0 Å². The average Bonchev–Trinajstić information content (AvgIpc) is 2.53. The Morgan fingerprint density at radius 3 is 2.35 bits per heavy atom. The molecule has 2 rings (SSSR count). The van der Waals surface area contributed by atoms with E-state index in [9.17, 15) is 10.2 Å². The molecule has 0 aliphatic heterocycles. The highest BCUT2D eigenvalue weighted by Crippen LogP contribution is 2.31. The monoisotopic (exact) mass is 318 g/mol. The SMILES string of the molecule is CCOCC(OCc1cc(N)ccc1O)c1cc(N)ccc1O. The van der Waals surface area contributed by atoms with Crippen molar-refractivity contribution in [2.45, 2.75) is 19.6 Å². The fourth-order valence-corrected chi connectivity index (χ4v) is 2.19. The Labute approximate surface area is 135 Å². The molecule has 0 spiro atoms. The molecule has 2 aromatic rings. The van der Waals surface area contributed by atoms with E-state index in [1.807, 2.05) is 6.92 Å². The Hall–Kier alpha value is -2.44. The normalized spacial score (nSPS) is 12.2. The van der Waals surface area contributed by atoms with Gasteiger partial charge >= 0.3 is 0 Å². The molecule has 124 valence electrons. The van der Waals surface area contributed by atoms with Crippen molar-refractivity contribution in [1.82, 2.24) is 0 Å². The van der Waals surface area contributed by atoms with Crippen LogP contribution in [0.15, 0.2) is 36.4 Å². The van der Waals surface area contributed by atoms with Crippen LogP contribution in [-0.2, 0) is 16.1 Å². The fourth-order valence-electron chi connectivity index (χ4n) is 2.19. The lowest BCUT2D eigenvalue weighted by molar-refractivity contribution is -0.0251. The van der Waals surface area contributed by atoms with E-state index in [0.717, 1.165) is 0 Å². The molecule has 0 radical (unpaired) electrons. The zero-order valence-corrected chi connectivity index (χ0v) is 13.0. The average molecular weight is 318 g/mol. The fraction of sp³-hybridized carbons (Fsp3) is 0.294. The molecular weight excluding hydrogens is 296 g/mol. The first-order valence-corrected chi connectivity index (χ1v) is 7.36. The summed E-state index contributed by atoms with van der Waals surface area (Å²) in [5, 5.41) is 19.9. The van der Waals surface area contributed by atoms with Crippen LogP contribution in [0.5, 0.6) is 11.5 Å². The van der Waals surface area contributed by atoms with Gasteiger partial charge in [0.15, 0.2) is 0 Å². The van der Waals surface area contributed by atoms with E-state index in [2.05, 4.69) is 0 Å². The van der Waals surface area contributed by atoms with Crippen LogP contribution in [0.2, 0.25) is 0 Å². The molecule has 1 atom stereocenters. The van der Waals surface area contributed by atoms with Gasteiger partial charge in [0.25, 0.3) is 0 Å². The molecule has 23 heavy (non-hydrogen) atoms. The summed E-state index contributed by atoms with van der Waals surface area (Å²) in [5.41, 5.74) is 13.7. The minimum Gasteiger partial charge on any atom is -0.508 e. The van der Waals surface area contributed by atoms with Crippen molar-refractivity contribution < 1.29 is 19.7 Å². The molecule has 0 aromatic heterocycles. The molecule has 6 N–H and O–H groups in total. The van der Waals surface area contributed by atoms with E-state index in [0.29, 0.717) is 29.1 Å². The number of anilines is 2. The van der Waals surface area contributed by atoms with Crippen LogP contribution < -0.4 is 11.5 Å². The zero-order valence-electron chi connectivity index (χ0n) is 13.0. The van der Waals surface area contributed by atoms with Gasteiger partial charge in [-0.2, -0.15) is 0 Å². The van der Waals surface area contributed by atoms with Gasteiger partial charge in [-0.25, -0.2) is 0 Å². The lowest BCUT2D eigenvalue weighted by atomic mass is 10.1. The van der Waals surface area contributed by atoms with Gasteiger partial charge in [-0.15, -0.1) is 0 Å². The molecule has 0 heterocycles. The first-order chi connectivity index (χ1) is 11.0. The number of hydrogen-bond acceptors (Lipinski definition) is 6. The van der Waals surface area contributed by atoms with Crippen LogP contribution in [0.4, 0.5) is 11.4 Å². The van der Waals surface area contributed by atoms with Crippen LogP contribution in [0, 0.1) is 0 Å². The maximum atomic E-state index is 10.0. The highest BCUT2D eigenvalue weighted by Gasteiger charge is 2.18. The molecule has 0 bridgehead atoms. The quantitative estimate of drug-likeness (QED) is 0.461. The Morgan fingerprint density at radius 1 is 1.00 bits per heavy atom. The van der Waals surface area contributed by atoms with Crippen molar-refractivity contribution in [3.8, 4) is 11.5 Å². The Bertz CT molecular complexity index is 661. The maximum absolute atomic E-state index is 10.0. The first kappa shape index (κ1) is 16.9. The summed E-state index contributed by atoms with van der Waals surface area (Å²) in [6.45, 7) is 2.78. The predicted octanol–water partition coefficient (Wildman–Crippen LogP) is 2.56. The van der Waals surface area contributed by atoms with E-state index in [-0.39, 0.29) is 24.7 Å². The summed E-state index contributed by atoms with van der Waals surface area (Å²) in [5.74, 6) is 0.187. The highest BCUT2D eigenvalue weighted by molar-refractivity contribution is 5.49. The molecule has 2 aromatic carbocycles. The number of hydrogen-bond donors (Lipinski definition) is 4. The van der Waals surface area contributed by atoms with Crippen molar-refractivity contribution in [1.29, 1.82) is 0 Å². The van der Waals surface area contributed by atoms with Gasteiger partial charge in [0.2, 0.25) is 0 Å². The van der Waals surface area contributed by atoms with E-state index in [1.165, 1.54) is 12.1 Å².